The first-order valence-corrected chi connectivity index (χ1v) is 8.80. The summed E-state index contributed by atoms with van der Waals surface area (Å²) in [5, 5.41) is 12.5. The molecule has 1 amide bonds. The van der Waals surface area contributed by atoms with Gasteiger partial charge in [-0.3, -0.25) is 4.79 Å². The second-order valence-electron chi connectivity index (χ2n) is 6.47. The molecule has 5 nitrogen and oxygen atoms in total. The first-order chi connectivity index (χ1) is 12.4. The standard InChI is InChI=1S/C21H27NO4/c1-5-18(23)12-26-21-15(3)10-17(11-16(21)4)22-20(24)13-25-19-8-6-7-14(2)9-19/h6-11,18,23H,5,12-13H2,1-4H3,(H,22,24). The summed E-state index contributed by atoms with van der Waals surface area (Å²) in [5.41, 5.74) is 3.59. The van der Waals surface area contributed by atoms with Crippen LogP contribution in [0.15, 0.2) is 36.4 Å². The molecule has 0 aliphatic heterocycles. The number of aliphatic hydroxyl groups is 1. The third-order valence-electron chi connectivity index (χ3n) is 3.99. The number of aliphatic hydroxyl groups excluding tert-OH is 1. The molecule has 0 saturated carbocycles. The molecule has 0 fully saturated rings. The van der Waals surface area contributed by atoms with Crippen LogP contribution >= 0.6 is 0 Å². The molecule has 0 aromatic heterocycles. The van der Waals surface area contributed by atoms with Gasteiger partial charge in [0.25, 0.3) is 5.91 Å². The number of anilines is 1. The molecule has 0 aliphatic carbocycles. The zero-order valence-corrected chi connectivity index (χ0v) is 15.8. The Balaban J connectivity index is 1.95. The molecule has 26 heavy (non-hydrogen) atoms. The van der Waals surface area contributed by atoms with E-state index in [0.717, 1.165) is 22.4 Å². The monoisotopic (exact) mass is 357 g/mol. The molecule has 0 bridgehead atoms. The smallest absolute Gasteiger partial charge is 0.262 e. The Morgan fingerprint density at radius 3 is 2.42 bits per heavy atom. The third-order valence-corrected chi connectivity index (χ3v) is 3.99. The van der Waals surface area contributed by atoms with E-state index in [-0.39, 0.29) is 19.1 Å². The maximum atomic E-state index is 12.1. The molecule has 2 aromatic rings. The highest BCUT2D eigenvalue weighted by molar-refractivity contribution is 5.92. The summed E-state index contributed by atoms with van der Waals surface area (Å²) in [6, 6.07) is 11.3. The van der Waals surface area contributed by atoms with Crippen LogP contribution in [0.5, 0.6) is 11.5 Å². The SMILES string of the molecule is CCC(O)COc1c(C)cc(NC(=O)COc2cccc(C)c2)cc1C. The van der Waals surface area contributed by atoms with E-state index < -0.39 is 6.10 Å². The van der Waals surface area contributed by atoms with Gasteiger partial charge < -0.3 is 19.9 Å². The highest BCUT2D eigenvalue weighted by Crippen LogP contribution is 2.27. The fourth-order valence-corrected chi connectivity index (χ4v) is 2.60. The number of carbonyl (C=O) groups is 1. The molecule has 1 unspecified atom stereocenters. The number of benzene rings is 2. The lowest BCUT2D eigenvalue weighted by molar-refractivity contribution is -0.118. The van der Waals surface area contributed by atoms with Crippen molar-refractivity contribution in [1.29, 1.82) is 0 Å². The van der Waals surface area contributed by atoms with Crippen LogP contribution in [0.25, 0.3) is 0 Å². The number of carbonyl (C=O) groups excluding carboxylic acids is 1. The van der Waals surface area contributed by atoms with Gasteiger partial charge in [-0.2, -0.15) is 0 Å². The van der Waals surface area contributed by atoms with Crippen molar-refractivity contribution in [3.63, 3.8) is 0 Å². The molecular weight excluding hydrogens is 330 g/mol. The van der Waals surface area contributed by atoms with E-state index in [1.165, 1.54) is 0 Å². The Morgan fingerprint density at radius 1 is 1.12 bits per heavy atom. The summed E-state index contributed by atoms with van der Waals surface area (Å²) < 4.78 is 11.2. The normalized spacial score (nSPS) is 11.7. The van der Waals surface area contributed by atoms with Crippen LogP contribution in [-0.4, -0.2) is 30.3 Å². The minimum atomic E-state index is -0.480. The molecular formula is C21H27NO4. The predicted molar refractivity (Wildman–Crippen MR) is 103 cm³/mol. The Morgan fingerprint density at radius 2 is 1.81 bits per heavy atom. The lowest BCUT2D eigenvalue weighted by Gasteiger charge is -2.16. The number of rotatable bonds is 8. The van der Waals surface area contributed by atoms with Crippen LogP contribution in [0.1, 0.15) is 30.0 Å². The van der Waals surface area contributed by atoms with Crippen molar-refractivity contribution >= 4 is 11.6 Å². The van der Waals surface area contributed by atoms with E-state index in [4.69, 9.17) is 9.47 Å². The Bertz CT molecular complexity index is 734. The highest BCUT2D eigenvalue weighted by atomic mass is 16.5. The second kappa shape index (κ2) is 9.25. The topological polar surface area (TPSA) is 67.8 Å². The van der Waals surface area contributed by atoms with Gasteiger partial charge in [0, 0.05) is 5.69 Å². The molecule has 5 heteroatoms. The summed E-state index contributed by atoms with van der Waals surface area (Å²) in [6.07, 6.45) is 0.166. The van der Waals surface area contributed by atoms with E-state index in [9.17, 15) is 9.90 Å². The van der Waals surface area contributed by atoms with Crippen LogP contribution in [0.2, 0.25) is 0 Å². The molecule has 1 atom stereocenters. The minimum Gasteiger partial charge on any atom is -0.490 e. The molecule has 2 N–H and O–H groups in total. The predicted octanol–water partition coefficient (Wildman–Crippen LogP) is 3.78. The summed E-state index contributed by atoms with van der Waals surface area (Å²) >= 11 is 0. The summed E-state index contributed by atoms with van der Waals surface area (Å²) in [6.45, 7) is 7.92. The van der Waals surface area contributed by atoms with E-state index in [1.54, 1.807) is 0 Å². The van der Waals surface area contributed by atoms with Gasteiger partial charge >= 0.3 is 0 Å². The molecule has 2 rings (SSSR count). The summed E-state index contributed by atoms with van der Waals surface area (Å²) in [4.78, 5) is 12.1. The Labute approximate surface area is 155 Å². The zero-order valence-electron chi connectivity index (χ0n) is 15.8. The zero-order chi connectivity index (χ0) is 19.1. The molecule has 140 valence electrons. The quantitative estimate of drug-likeness (QED) is 0.754. The molecule has 0 radical (unpaired) electrons. The van der Waals surface area contributed by atoms with Crippen molar-refractivity contribution in [3.05, 3.63) is 53.1 Å². The first-order valence-electron chi connectivity index (χ1n) is 8.80. The van der Waals surface area contributed by atoms with Crippen molar-refractivity contribution in [3.8, 4) is 11.5 Å². The van der Waals surface area contributed by atoms with Gasteiger partial charge in [-0.05, 0) is 68.1 Å². The van der Waals surface area contributed by atoms with E-state index in [0.29, 0.717) is 17.9 Å². The largest absolute Gasteiger partial charge is 0.490 e. The van der Waals surface area contributed by atoms with Crippen LogP contribution in [0.4, 0.5) is 5.69 Å². The lowest BCUT2D eigenvalue weighted by Crippen LogP contribution is -2.20. The fourth-order valence-electron chi connectivity index (χ4n) is 2.60. The van der Waals surface area contributed by atoms with E-state index >= 15 is 0 Å². The molecule has 0 spiro atoms. The molecule has 0 heterocycles. The van der Waals surface area contributed by atoms with Crippen molar-refractivity contribution in [2.75, 3.05) is 18.5 Å². The van der Waals surface area contributed by atoms with Gasteiger partial charge in [-0.15, -0.1) is 0 Å². The number of nitrogens with one attached hydrogen (secondary N) is 1. The Hall–Kier alpha value is -2.53. The van der Waals surface area contributed by atoms with Crippen molar-refractivity contribution in [1.82, 2.24) is 0 Å². The Kier molecular flexibility index (Phi) is 7.04. The number of aryl methyl sites for hydroxylation is 3. The van der Waals surface area contributed by atoms with Gasteiger partial charge in [-0.25, -0.2) is 0 Å². The number of hydrogen-bond donors (Lipinski definition) is 2. The maximum Gasteiger partial charge on any atom is 0.262 e. The van der Waals surface area contributed by atoms with E-state index in [1.807, 2.05) is 64.1 Å². The first kappa shape index (κ1) is 19.8. The van der Waals surface area contributed by atoms with Crippen molar-refractivity contribution in [2.45, 2.75) is 40.2 Å². The van der Waals surface area contributed by atoms with Gasteiger partial charge in [-0.1, -0.05) is 19.1 Å². The number of amides is 1. The molecule has 0 aliphatic rings. The second-order valence-corrected chi connectivity index (χ2v) is 6.47. The number of hydrogen-bond acceptors (Lipinski definition) is 4. The minimum absolute atomic E-state index is 0.0531. The van der Waals surface area contributed by atoms with Crippen LogP contribution in [0, 0.1) is 20.8 Å². The summed E-state index contributed by atoms with van der Waals surface area (Å²) in [5.74, 6) is 1.19. The fraction of sp³-hybridized carbons (Fsp3) is 0.381. The average molecular weight is 357 g/mol. The van der Waals surface area contributed by atoms with E-state index in [2.05, 4.69) is 5.32 Å². The van der Waals surface area contributed by atoms with Gasteiger partial charge in [0.15, 0.2) is 6.61 Å². The summed E-state index contributed by atoms with van der Waals surface area (Å²) in [7, 11) is 0. The van der Waals surface area contributed by atoms with Crippen LogP contribution in [-0.2, 0) is 4.79 Å². The average Bonchev–Trinajstić information content (AvgIpc) is 2.59. The number of ether oxygens (including phenoxy) is 2. The lowest BCUT2D eigenvalue weighted by atomic mass is 10.1. The van der Waals surface area contributed by atoms with Gasteiger partial charge in [0.05, 0.1) is 6.10 Å². The molecule has 2 aromatic carbocycles. The highest BCUT2D eigenvalue weighted by Gasteiger charge is 2.11. The maximum absolute atomic E-state index is 12.1. The van der Waals surface area contributed by atoms with Gasteiger partial charge in [0.2, 0.25) is 0 Å². The van der Waals surface area contributed by atoms with Crippen LogP contribution in [0.3, 0.4) is 0 Å². The van der Waals surface area contributed by atoms with Gasteiger partial charge in [0.1, 0.15) is 18.1 Å². The van der Waals surface area contributed by atoms with Crippen LogP contribution < -0.4 is 14.8 Å². The third kappa shape index (κ3) is 5.77. The van der Waals surface area contributed by atoms with Crippen molar-refractivity contribution < 1.29 is 19.4 Å². The molecule has 0 saturated heterocycles. The van der Waals surface area contributed by atoms with Crippen molar-refractivity contribution in [2.24, 2.45) is 0 Å².